The lowest BCUT2D eigenvalue weighted by atomic mass is 10.0. The molecule has 1 unspecified atom stereocenters. The molecule has 2 aliphatic rings. The van der Waals surface area contributed by atoms with E-state index in [-0.39, 0.29) is 24.6 Å². The number of piperazine rings is 1. The van der Waals surface area contributed by atoms with Crippen LogP contribution in [-0.4, -0.2) is 106 Å². The summed E-state index contributed by atoms with van der Waals surface area (Å²) >= 11 is 0. The second kappa shape index (κ2) is 14.8. The maximum atomic E-state index is 12.6. The molecule has 1 aromatic carbocycles. The summed E-state index contributed by atoms with van der Waals surface area (Å²) < 4.78 is 14.8. The minimum Gasteiger partial charge on any atom is -0.450 e. The van der Waals surface area contributed by atoms with E-state index in [9.17, 15) is 9.59 Å². The van der Waals surface area contributed by atoms with Gasteiger partial charge in [0.05, 0.1) is 17.8 Å². The van der Waals surface area contributed by atoms with Crippen molar-refractivity contribution in [3.63, 3.8) is 0 Å². The van der Waals surface area contributed by atoms with Gasteiger partial charge in [0.25, 0.3) is 5.91 Å². The number of pyridine rings is 1. The normalized spacial score (nSPS) is 16.8. The average Bonchev–Trinajstić information content (AvgIpc) is 3.72. The van der Waals surface area contributed by atoms with Gasteiger partial charge in [0.15, 0.2) is 5.82 Å². The third-order valence-corrected chi connectivity index (χ3v) is 7.32. The van der Waals surface area contributed by atoms with Crippen LogP contribution in [0.3, 0.4) is 0 Å². The number of rotatable bonds is 7. The fraction of sp³-hybridized carbons (Fsp3) is 0.419. The number of methoxy groups -OCH3 is 1. The first-order chi connectivity index (χ1) is 21.5. The summed E-state index contributed by atoms with van der Waals surface area (Å²) in [5.41, 5.74) is 4.87. The number of carbonyl (C=O) groups excluding carboxylic acids is 2. The van der Waals surface area contributed by atoms with Crippen molar-refractivity contribution in [2.75, 3.05) is 58.9 Å². The fourth-order valence-electron chi connectivity index (χ4n) is 5.24. The minimum absolute atomic E-state index is 0.128. The third kappa shape index (κ3) is 7.54. The Morgan fingerprint density at radius 1 is 1.07 bits per heavy atom. The Kier molecular flexibility index (Phi) is 10.4. The second-order valence-electron chi connectivity index (χ2n) is 10.5. The van der Waals surface area contributed by atoms with Gasteiger partial charge in [-0.25, -0.2) is 19.7 Å². The molecule has 6 rings (SSSR count). The van der Waals surface area contributed by atoms with Crippen molar-refractivity contribution in [2.45, 2.75) is 32.4 Å². The van der Waals surface area contributed by atoms with Crippen molar-refractivity contribution >= 4 is 29.0 Å². The zero-order valence-corrected chi connectivity index (χ0v) is 25.3. The Labute approximate surface area is 256 Å². The molecule has 44 heavy (non-hydrogen) atoms. The van der Waals surface area contributed by atoms with Crippen molar-refractivity contribution in [3.05, 3.63) is 54.6 Å². The molecule has 4 aromatic rings. The Hall–Kier alpha value is -4.46. The van der Waals surface area contributed by atoms with Gasteiger partial charge in [0.2, 0.25) is 5.95 Å². The molecule has 13 heteroatoms. The van der Waals surface area contributed by atoms with Gasteiger partial charge in [0, 0.05) is 83.3 Å². The summed E-state index contributed by atoms with van der Waals surface area (Å²) in [5, 5.41) is 2.63. The van der Waals surface area contributed by atoms with Crippen molar-refractivity contribution in [1.29, 1.82) is 0 Å². The van der Waals surface area contributed by atoms with E-state index in [1.54, 1.807) is 39.6 Å². The van der Waals surface area contributed by atoms with Crippen LogP contribution in [0.25, 0.3) is 33.5 Å². The van der Waals surface area contributed by atoms with Crippen LogP contribution in [0.2, 0.25) is 0 Å². The molecule has 0 bridgehead atoms. The lowest BCUT2D eigenvalue weighted by Gasteiger charge is -2.35. The number of carbonyl (C=O) groups is 2. The van der Waals surface area contributed by atoms with Crippen LogP contribution in [0.5, 0.6) is 0 Å². The van der Waals surface area contributed by atoms with Crippen LogP contribution in [0, 0.1) is 0 Å². The van der Waals surface area contributed by atoms with Crippen LogP contribution in [0.15, 0.2) is 48.9 Å². The Bertz CT molecular complexity index is 1530. The molecule has 3 aromatic heterocycles. The smallest absolute Gasteiger partial charge is 0.413 e. The van der Waals surface area contributed by atoms with Crippen LogP contribution >= 0.6 is 0 Å². The van der Waals surface area contributed by atoms with E-state index in [4.69, 9.17) is 14.5 Å². The number of amides is 2. The van der Waals surface area contributed by atoms with Gasteiger partial charge < -0.3 is 24.1 Å². The topological polar surface area (TPSA) is 148 Å². The van der Waals surface area contributed by atoms with Crippen molar-refractivity contribution in [3.8, 4) is 22.5 Å². The van der Waals surface area contributed by atoms with Gasteiger partial charge in [-0.3, -0.25) is 20.0 Å². The van der Waals surface area contributed by atoms with Crippen molar-refractivity contribution in [1.82, 2.24) is 34.7 Å². The lowest BCUT2D eigenvalue weighted by molar-refractivity contribution is -0.142. The summed E-state index contributed by atoms with van der Waals surface area (Å²) in [4.78, 5) is 50.1. The van der Waals surface area contributed by atoms with E-state index in [0.717, 1.165) is 53.8 Å². The monoisotopic (exact) mass is 602 g/mol. The first-order valence-corrected chi connectivity index (χ1v) is 14.7. The first kappa shape index (κ1) is 31.0. The molecule has 0 aliphatic carbocycles. The zero-order chi connectivity index (χ0) is 30.9. The standard InChI is InChI=1S/C29H32N8O4.C2H6O/c1-2-40-29(39)35-28-33-23-16-20(15-22(25(23)34-28)26-30-8-4-9-31-26)19-6-7-21(32-17-19)18-36-10-12-37(13-11-36)27(38)24-5-3-14-41-24;1-3-2/h4,6-9,15-17,24H,2-3,5,10-14,18H2,1H3,(H2,33,34,35,39);1-2H3. The third-order valence-electron chi connectivity index (χ3n) is 7.32. The number of hydrogen-bond donors (Lipinski definition) is 2. The number of nitrogens with one attached hydrogen (secondary N) is 2. The number of H-pyrrole nitrogens is 1. The summed E-state index contributed by atoms with van der Waals surface area (Å²) in [7, 11) is 3.25. The number of aromatic amines is 1. The number of nitrogens with zero attached hydrogens (tertiary/aromatic N) is 6. The molecule has 5 heterocycles. The number of hydrogen-bond acceptors (Lipinski definition) is 10. The Morgan fingerprint density at radius 2 is 1.84 bits per heavy atom. The van der Waals surface area contributed by atoms with Gasteiger partial charge in [0.1, 0.15) is 11.6 Å². The maximum Gasteiger partial charge on any atom is 0.413 e. The number of fused-ring (bicyclic) bond motifs is 1. The molecule has 2 saturated heterocycles. The second-order valence-corrected chi connectivity index (χ2v) is 10.5. The van der Waals surface area contributed by atoms with Crippen LogP contribution in [-0.2, 0) is 25.5 Å². The Balaban J connectivity index is 0.00000123. The van der Waals surface area contributed by atoms with E-state index >= 15 is 0 Å². The molecular formula is C31H38N8O5. The average molecular weight is 603 g/mol. The molecular weight excluding hydrogens is 564 g/mol. The van der Waals surface area contributed by atoms with Gasteiger partial charge in [-0.1, -0.05) is 6.07 Å². The highest BCUT2D eigenvalue weighted by Gasteiger charge is 2.30. The van der Waals surface area contributed by atoms with Gasteiger partial charge in [-0.15, -0.1) is 0 Å². The highest BCUT2D eigenvalue weighted by molar-refractivity contribution is 5.96. The SMILES string of the molecule is CCOC(=O)Nc1nc2c(-c3ncccn3)cc(-c3ccc(CN4CCN(C(=O)C5CCCO5)CC4)nc3)cc2[nH]1.COC. The lowest BCUT2D eigenvalue weighted by Crippen LogP contribution is -2.51. The molecule has 232 valence electrons. The highest BCUT2D eigenvalue weighted by Crippen LogP contribution is 2.32. The number of imidazole rings is 1. The minimum atomic E-state index is -0.583. The van der Waals surface area contributed by atoms with E-state index in [1.807, 2.05) is 35.4 Å². The van der Waals surface area contributed by atoms with Gasteiger partial charge in [-0.05, 0) is 49.6 Å². The predicted molar refractivity (Wildman–Crippen MR) is 165 cm³/mol. The highest BCUT2D eigenvalue weighted by atomic mass is 16.5. The quantitative estimate of drug-likeness (QED) is 0.321. The molecule has 2 aliphatic heterocycles. The summed E-state index contributed by atoms with van der Waals surface area (Å²) in [6.07, 6.45) is 6.17. The van der Waals surface area contributed by atoms with Crippen LogP contribution in [0.1, 0.15) is 25.5 Å². The summed E-state index contributed by atoms with van der Waals surface area (Å²) in [5.74, 6) is 0.928. The van der Waals surface area contributed by atoms with Crippen LogP contribution < -0.4 is 5.32 Å². The largest absolute Gasteiger partial charge is 0.450 e. The zero-order valence-electron chi connectivity index (χ0n) is 25.3. The van der Waals surface area contributed by atoms with Crippen molar-refractivity contribution in [2.24, 2.45) is 0 Å². The Morgan fingerprint density at radius 3 is 2.50 bits per heavy atom. The molecule has 0 radical (unpaired) electrons. The number of anilines is 1. The molecule has 0 saturated carbocycles. The van der Waals surface area contributed by atoms with Crippen LogP contribution in [0.4, 0.5) is 10.7 Å². The maximum absolute atomic E-state index is 12.6. The molecule has 2 amide bonds. The molecule has 13 nitrogen and oxygen atoms in total. The summed E-state index contributed by atoms with van der Waals surface area (Å²) in [6, 6.07) is 9.78. The molecule has 2 N–H and O–H groups in total. The number of ether oxygens (including phenoxy) is 3. The van der Waals surface area contributed by atoms with Gasteiger partial charge >= 0.3 is 6.09 Å². The van der Waals surface area contributed by atoms with E-state index in [0.29, 0.717) is 37.6 Å². The van der Waals surface area contributed by atoms with E-state index < -0.39 is 6.09 Å². The fourth-order valence-corrected chi connectivity index (χ4v) is 5.24. The number of aromatic nitrogens is 5. The molecule has 0 spiro atoms. The number of benzene rings is 1. The molecule has 2 fully saturated rings. The predicted octanol–water partition coefficient (Wildman–Crippen LogP) is 3.74. The summed E-state index contributed by atoms with van der Waals surface area (Å²) in [6.45, 7) is 6.42. The first-order valence-electron chi connectivity index (χ1n) is 14.7. The molecule has 1 atom stereocenters. The van der Waals surface area contributed by atoms with Crippen molar-refractivity contribution < 1.29 is 23.8 Å². The van der Waals surface area contributed by atoms with E-state index in [2.05, 4.69) is 34.9 Å². The van der Waals surface area contributed by atoms with E-state index in [1.165, 1.54) is 0 Å². The van der Waals surface area contributed by atoms with Gasteiger partial charge in [-0.2, -0.15) is 0 Å².